The molecule has 1 fully saturated rings. The number of hydrogen-bond donors (Lipinski definition) is 1. The van der Waals surface area contributed by atoms with Crippen LogP contribution in [0.3, 0.4) is 0 Å². The molecule has 1 aromatic heterocycles. The average Bonchev–Trinajstić information content (AvgIpc) is 2.44. The van der Waals surface area contributed by atoms with Crippen LogP contribution in [0.4, 0.5) is 0 Å². The van der Waals surface area contributed by atoms with Crippen LogP contribution in [0.1, 0.15) is 26.5 Å². The molecule has 2 heterocycles. The first-order chi connectivity index (χ1) is 9.94. The third-order valence-electron chi connectivity index (χ3n) is 2.93. The van der Waals surface area contributed by atoms with Gasteiger partial charge in [0.05, 0.1) is 25.5 Å². The van der Waals surface area contributed by atoms with Crippen molar-refractivity contribution in [1.29, 1.82) is 0 Å². The Morgan fingerprint density at radius 3 is 2.76 bits per heavy atom. The van der Waals surface area contributed by atoms with Crippen molar-refractivity contribution in [2.45, 2.75) is 32.9 Å². The fraction of sp³-hybridized carbons (Fsp3) is 0.600. The molecule has 1 saturated heterocycles. The Kier molecular flexibility index (Phi) is 5.01. The van der Waals surface area contributed by atoms with E-state index >= 15 is 0 Å². The summed E-state index contributed by atoms with van der Waals surface area (Å²) in [5, 5.41) is 0. The van der Waals surface area contributed by atoms with Crippen molar-refractivity contribution in [2.75, 3.05) is 26.3 Å². The SMILES string of the molecule is CC(C)(C)Oc1cccc(CN=C(N)N2CCOCC2)n1. The molecule has 0 aromatic carbocycles. The molecular formula is C15H24N4O2. The number of pyridine rings is 1. The molecule has 0 amide bonds. The molecule has 21 heavy (non-hydrogen) atoms. The molecule has 0 saturated carbocycles. The number of hydrogen-bond acceptors (Lipinski definition) is 4. The van der Waals surface area contributed by atoms with Crippen LogP contribution >= 0.6 is 0 Å². The van der Waals surface area contributed by atoms with Gasteiger partial charge in [0.2, 0.25) is 5.88 Å². The summed E-state index contributed by atoms with van der Waals surface area (Å²) in [7, 11) is 0. The van der Waals surface area contributed by atoms with Crippen molar-refractivity contribution in [3.05, 3.63) is 23.9 Å². The molecule has 6 heteroatoms. The third kappa shape index (κ3) is 5.23. The molecule has 1 aliphatic heterocycles. The van der Waals surface area contributed by atoms with Crippen LogP contribution in [-0.4, -0.2) is 47.7 Å². The summed E-state index contributed by atoms with van der Waals surface area (Å²) in [6.45, 7) is 9.41. The maximum atomic E-state index is 6.00. The monoisotopic (exact) mass is 292 g/mol. The number of rotatable bonds is 3. The zero-order valence-corrected chi connectivity index (χ0v) is 13.0. The zero-order valence-electron chi connectivity index (χ0n) is 13.0. The normalized spacial score (nSPS) is 16.9. The smallest absolute Gasteiger partial charge is 0.214 e. The van der Waals surface area contributed by atoms with E-state index in [1.54, 1.807) is 0 Å². The van der Waals surface area contributed by atoms with Gasteiger partial charge in [0.25, 0.3) is 0 Å². The van der Waals surface area contributed by atoms with E-state index in [0.29, 0.717) is 31.6 Å². The van der Waals surface area contributed by atoms with Crippen LogP contribution in [0.25, 0.3) is 0 Å². The number of nitrogens with two attached hydrogens (primary N) is 1. The van der Waals surface area contributed by atoms with E-state index in [-0.39, 0.29) is 5.60 Å². The van der Waals surface area contributed by atoms with Gasteiger partial charge in [-0.3, -0.25) is 0 Å². The van der Waals surface area contributed by atoms with Gasteiger partial charge in [-0.25, -0.2) is 9.98 Å². The van der Waals surface area contributed by atoms with E-state index in [2.05, 4.69) is 9.98 Å². The van der Waals surface area contributed by atoms with Crippen LogP contribution in [-0.2, 0) is 11.3 Å². The average molecular weight is 292 g/mol. The van der Waals surface area contributed by atoms with E-state index in [9.17, 15) is 0 Å². The van der Waals surface area contributed by atoms with Gasteiger partial charge in [-0.05, 0) is 26.8 Å². The maximum absolute atomic E-state index is 6.00. The van der Waals surface area contributed by atoms with Crippen molar-refractivity contribution in [3.8, 4) is 5.88 Å². The van der Waals surface area contributed by atoms with Crippen molar-refractivity contribution in [3.63, 3.8) is 0 Å². The fourth-order valence-corrected chi connectivity index (χ4v) is 1.97. The first-order valence-corrected chi connectivity index (χ1v) is 7.21. The van der Waals surface area contributed by atoms with Crippen LogP contribution in [0.2, 0.25) is 0 Å². The predicted molar refractivity (Wildman–Crippen MR) is 82.3 cm³/mol. The molecule has 1 aliphatic rings. The zero-order chi connectivity index (χ0) is 15.3. The van der Waals surface area contributed by atoms with Gasteiger partial charge >= 0.3 is 0 Å². The molecule has 0 aliphatic carbocycles. The lowest BCUT2D eigenvalue weighted by molar-refractivity contribution is 0.0674. The van der Waals surface area contributed by atoms with E-state index in [0.717, 1.165) is 18.8 Å². The summed E-state index contributed by atoms with van der Waals surface area (Å²) < 4.78 is 11.0. The minimum absolute atomic E-state index is 0.262. The Balaban J connectivity index is 1.97. The molecule has 0 radical (unpaired) electrons. The third-order valence-corrected chi connectivity index (χ3v) is 2.93. The summed E-state index contributed by atoms with van der Waals surface area (Å²) in [6.07, 6.45) is 0. The highest BCUT2D eigenvalue weighted by atomic mass is 16.5. The molecule has 0 atom stereocenters. The second-order valence-electron chi connectivity index (χ2n) is 5.96. The minimum atomic E-state index is -0.262. The van der Waals surface area contributed by atoms with Crippen LogP contribution in [0.5, 0.6) is 5.88 Å². The number of aliphatic imine (C=N–C) groups is 1. The Hall–Kier alpha value is -1.82. The Labute approximate surface area is 126 Å². The van der Waals surface area contributed by atoms with Crippen molar-refractivity contribution in [1.82, 2.24) is 9.88 Å². The van der Waals surface area contributed by atoms with Gasteiger partial charge in [0, 0.05) is 19.2 Å². The lowest BCUT2D eigenvalue weighted by atomic mass is 10.2. The maximum Gasteiger partial charge on any atom is 0.214 e. The summed E-state index contributed by atoms with van der Waals surface area (Å²) >= 11 is 0. The molecule has 116 valence electrons. The molecule has 6 nitrogen and oxygen atoms in total. The Morgan fingerprint density at radius 2 is 2.10 bits per heavy atom. The molecule has 2 rings (SSSR count). The number of guanidine groups is 1. The Morgan fingerprint density at radius 1 is 1.38 bits per heavy atom. The number of aromatic nitrogens is 1. The molecule has 0 spiro atoms. The summed E-state index contributed by atoms with van der Waals surface area (Å²) in [5.74, 6) is 1.15. The number of morpholine rings is 1. The van der Waals surface area contributed by atoms with E-state index < -0.39 is 0 Å². The first-order valence-electron chi connectivity index (χ1n) is 7.21. The summed E-state index contributed by atoms with van der Waals surface area (Å²) in [6, 6.07) is 5.69. The largest absolute Gasteiger partial charge is 0.472 e. The van der Waals surface area contributed by atoms with Gasteiger partial charge in [-0.2, -0.15) is 0 Å². The second kappa shape index (κ2) is 6.76. The van der Waals surface area contributed by atoms with Gasteiger partial charge in [0.1, 0.15) is 5.60 Å². The van der Waals surface area contributed by atoms with Crippen molar-refractivity contribution < 1.29 is 9.47 Å². The number of ether oxygens (including phenoxy) is 2. The Bertz CT molecular complexity index is 491. The predicted octanol–water partition coefficient (Wildman–Crippen LogP) is 1.41. The number of nitrogens with zero attached hydrogens (tertiary/aromatic N) is 3. The fourth-order valence-electron chi connectivity index (χ4n) is 1.97. The molecule has 0 bridgehead atoms. The lowest BCUT2D eigenvalue weighted by Gasteiger charge is -2.27. The summed E-state index contributed by atoms with van der Waals surface area (Å²) in [4.78, 5) is 10.9. The van der Waals surface area contributed by atoms with E-state index in [4.69, 9.17) is 15.2 Å². The van der Waals surface area contributed by atoms with Crippen molar-refractivity contribution >= 4 is 5.96 Å². The lowest BCUT2D eigenvalue weighted by Crippen LogP contribution is -2.44. The van der Waals surface area contributed by atoms with E-state index in [1.807, 2.05) is 43.9 Å². The highest BCUT2D eigenvalue weighted by Gasteiger charge is 2.14. The first kappa shape index (κ1) is 15.6. The van der Waals surface area contributed by atoms with Crippen molar-refractivity contribution in [2.24, 2.45) is 10.7 Å². The molecule has 1 aromatic rings. The molecular weight excluding hydrogens is 268 g/mol. The van der Waals surface area contributed by atoms with E-state index in [1.165, 1.54) is 0 Å². The van der Waals surface area contributed by atoms with Crippen LogP contribution < -0.4 is 10.5 Å². The second-order valence-corrected chi connectivity index (χ2v) is 5.96. The van der Waals surface area contributed by atoms with Gasteiger partial charge < -0.3 is 20.1 Å². The molecule has 2 N–H and O–H groups in total. The summed E-state index contributed by atoms with van der Waals surface area (Å²) in [5.41, 5.74) is 6.58. The topological polar surface area (TPSA) is 73.0 Å². The van der Waals surface area contributed by atoms with Gasteiger partial charge in [0.15, 0.2) is 5.96 Å². The van der Waals surface area contributed by atoms with Gasteiger partial charge in [-0.1, -0.05) is 6.07 Å². The van der Waals surface area contributed by atoms with Gasteiger partial charge in [-0.15, -0.1) is 0 Å². The van der Waals surface area contributed by atoms with Crippen LogP contribution in [0, 0.1) is 0 Å². The highest BCUT2D eigenvalue weighted by molar-refractivity contribution is 5.78. The van der Waals surface area contributed by atoms with Crippen LogP contribution in [0.15, 0.2) is 23.2 Å². The quantitative estimate of drug-likeness (QED) is 0.673. The minimum Gasteiger partial charge on any atom is -0.472 e. The molecule has 0 unspecified atom stereocenters. The highest BCUT2D eigenvalue weighted by Crippen LogP contribution is 2.15. The standard InChI is InChI=1S/C15H24N4O2/c1-15(2,3)21-13-6-4-5-12(18-13)11-17-14(16)19-7-9-20-10-8-19/h4-6H,7-11H2,1-3H3,(H2,16,17).